The number of hydrogen-bond donors (Lipinski definition) is 3. The number of H-pyrrole nitrogens is 1. The second-order valence-corrected chi connectivity index (χ2v) is 7.01. The third kappa shape index (κ3) is 4.89. The summed E-state index contributed by atoms with van der Waals surface area (Å²) in [5.41, 5.74) is 8.56. The molecule has 4 rings (SSSR count). The molecule has 0 radical (unpaired) electrons. The van der Waals surface area contributed by atoms with Crippen molar-refractivity contribution in [1.82, 2.24) is 4.98 Å². The molecule has 1 aliphatic rings. The summed E-state index contributed by atoms with van der Waals surface area (Å²) < 4.78 is 25.1. The normalized spacial score (nSPS) is 12.8. The molecule has 0 spiro atoms. The Balaban J connectivity index is 0.000000168. The topological polar surface area (TPSA) is 65.6 Å². The van der Waals surface area contributed by atoms with Crippen LogP contribution in [-0.4, -0.2) is 4.98 Å². The van der Waals surface area contributed by atoms with Gasteiger partial charge < -0.3 is 10.7 Å². The molecule has 1 saturated carbocycles. The van der Waals surface area contributed by atoms with Crippen LogP contribution in [0, 0.1) is 23.0 Å². The molecule has 3 aromatic rings. The van der Waals surface area contributed by atoms with Gasteiger partial charge in [-0.05, 0) is 41.5 Å². The van der Waals surface area contributed by atoms with E-state index in [-0.39, 0.29) is 11.3 Å². The van der Waals surface area contributed by atoms with Crippen LogP contribution >= 0.6 is 12.6 Å². The van der Waals surface area contributed by atoms with E-state index in [0.29, 0.717) is 0 Å². The van der Waals surface area contributed by atoms with Crippen molar-refractivity contribution in [3.8, 4) is 6.07 Å². The van der Waals surface area contributed by atoms with E-state index >= 15 is 0 Å². The van der Waals surface area contributed by atoms with Crippen molar-refractivity contribution in [3.63, 3.8) is 0 Å². The fourth-order valence-electron chi connectivity index (χ4n) is 2.77. The van der Waals surface area contributed by atoms with E-state index in [2.05, 4.69) is 41.9 Å². The van der Waals surface area contributed by atoms with Crippen molar-refractivity contribution >= 4 is 18.3 Å². The van der Waals surface area contributed by atoms with E-state index in [1.165, 1.54) is 35.6 Å². The fourth-order valence-corrected chi connectivity index (χ4v) is 2.99. The maximum absolute atomic E-state index is 12.6. The van der Waals surface area contributed by atoms with Gasteiger partial charge in [-0.1, -0.05) is 24.3 Å². The average molecular weight is 383 g/mol. The molecular formula is C21H19F2N3S. The molecular weight excluding hydrogens is 364 g/mol. The molecule has 0 aliphatic heterocycles. The van der Waals surface area contributed by atoms with Crippen LogP contribution in [-0.2, 0) is 6.42 Å². The number of halogens is 2. The number of nitriles is 1. The summed E-state index contributed by atoms with van der Waals surface area (Å²) in [5.74, 6) is -0.740. The molecule has 138 valence electrons. The number of aromatic amines is 1. The molecule has 2 aromatic carbocycles. The molecule has 1 fully saturated rings. The number of nitrogen functional groups attached to an aromatic ring is 1. The Morgan fingerprint density at radius 2 is 1.93 bits per heavy atom. The molecule has 3 nitrogen and oxygen atoms in total. The van der Waals surface area contributed by atoms with Crippen LogP contribution in [0.1, 0.15) is 41.0 Å². The van der Waals surface area contributed by atoms with Gasteiger partial charge in [0.1, 0.15) is 17.7 Å². The highest BCUT2D eigenvalue weighted by atomic mass is 32.1. The van der Waals surface area contributed by atoms with Crippen LogP contribution in [0.25, 0.3) is 0 Å². The molecule has 1 heterocycles. The van der Waals surface area contributed by atoms with Crippen LogP contribution in [0.3, 0.4) is 0 Å². The van der Waals surface area contributed by atoms with Crippen molar-refractivity contribution in [3.05, 3.63) is 82.7 Å². The largest absolute Gasteiger partial charge is 0.396 e. The number of aromatic nitrogens is 1. The quantitative estimate of drug-likeness (QED) is 0.430. The van der Waals surface area contributed by atoms with E-state index in [0.717, 1.165) is 29.4 Å². The Hall–Kier alpha value is -2.78. The predicted molar refractivity (Wildman–Crippen MR) is 105 cm³/mol. The number of nitrogens with one attached hydrogen (secondary N) is 1. The molecule has 1 aliphatic carbocycles. The number of rotatable bonds is 3. The zero-order valence-electron chi connectivity index (χ0n) is 14.5. The molecule has 0 amide bonds. The van der Waals surface area contributed by atoms with Crippen LogP contribution in [0.4, 0.5) is 14.5 Å². The van der Waals surface area contributed by atoms with Crippen molar-refractivity contribution in [2.45, 2.75) is 30.1 Å². The second kappa shape index (κ2) is 8.28. The first-order valence-corrected chi connectivity index (χ1v) is 9.00. The van der Waals surface area contributed by atoms with Crippen molar-refractivity contribution < 1.29 is 8.78 Å². The smallest absolute Gasteiger partial charge is 0.147 e. The van der Waals surface area contributed by atoms with E-state index in [4.69, 9.17) is 11.0 Å². The maximum Gasteiger partial charge on any atom is 0.147 e. The van der Waals surface area contributed by atoms with Gasteiger partial charge in [0.25, 0.3) is 0 Å². The lowest BCUT2D eigenvalue weighted by atomic mass is 10.0. The fraction of sp³-hybridized carbons (Fsp3) is 0.190. The number of hydrogen-bond acceptors (Lipinski definition) is 3. The van der Waals surface area contributed by atoms with Crippen LogP contribution < -0.4 is 5.73 Å². The first-order chi connectivity index (χ1) is 13.0. The lowest BCUT2D eigenvalue weighted by Crippen LogP contribution is -1.94. The third-order valence-corrected chi connectivity index (χ3v) is 4.82. The van der Waals surface area contributed by atoms with Gasteiger partial charge in [0.05, 0.1) is 11.3 Å². The summed E-state index contributed by atoms with van der Waals surface area (Å²) >= 11 is 4.43. The van der Waals surface area contributed by atoms with Gasteiger partial charge in [0.2, 0.25) is 0 Å². The van der Waals surface area contributed by atoms with Crippen LogP contribution in [0.15, 0.2) is 53.7 Å². The molecule has 6 heteroatoms. The van der Waals surface area contributed by atoms with E-state index in [1.54, 1.807) is 0 Å². The monoisotopic (exact) mass is 383 g/mol. The summed E-state index contributed by atoms with van der Waals surface area (Å²) in [5, 5.41) is 8.24. The first-order valence-electron chi connectivity index (χ1n) is 8.56. The average Bonchev–Trinajstić information content (AvgIpc) is 3.43. The summed E-state index contributed by atoms with van der Waals surface area (Å²) in [6.45, 7) is 0. The zero-order valence-corrected chi connectivity index (χ0v) is 15.4. The Morgan fingerprint density at radius 3 is 2.56 bits per heavy atom. The van der Waals surface area contributed by atoms with Gasteiger partial charge in [0, 0.05) is 29.8 Å². The van der Waals surface area contributed by atoms with Gasteiger partial charge in [-0.25, -0.2) is 8.78 Å². The minimum Gasteiger partial charge on any atom is -0.396 e. The van der Waals surface area contributed by atoms with Crippen molar-refractivity contribution in [2.75, 3.05) is 5.73 Å². The van der Waals surface area contributed by atoms with Gasteiger partial charge >= 0.3 is 0 Å². The van der Waals surface area contributed by atoms with Crippen LogP contribution in [0.2, 0.25) is 0 Å². The van der Waals surface area contributed by atoms with E-state index in [9.17, 15) is 8.78 Å². The van der Waals surface area contributed by atoms with Crippen LogP contribution in [0.5, 0.6) is 0 Å². The first kappa shape index (κ1) is 19.0. The predicted octanol–water partition coefficient (Wildman–Crippen LogP) is 5.19. The number of nitrogens with two attached hydrogens (primary N) is 1. The number of thiol groups is 1. The minimum absolute atomic E-state index is 0.290. The molecule has 1 aromatic heterocycles. The zero-order chi connectivity index (χ0) is 19.4. The standard InChI is InChI=1S/C14H15NS.C7H4F2N2/c16-14-9-15-8-13(14)7-10-2-1-3-12(6-10)11-4-5-11;8-5-2-7(11)6(9)1-4(5)3-10/h1-3,6,8-9,11,15-16H,4-5,7H2;1-2H,11H2. The van der Waals surface area contributed by atoms with Crippen molar-refractivity contribution in [2.24, 2.45) is 0 Å². The summed E-state index contributed by atoms with van der Waals surface area (Å²) in [6.07, 6.45) is 7.68. The van der Waals surface area contributed by atoms with Gasteiger partial charge in [-0.3, -0.25) is 0 Å². The molecule has 0 bridgehead atoms. The summed E-state index contributed by atoms with van der Waals surface area (Å²) in [4.78, 5) is 4.14. The Kier molecular flexibility index (Phi) is 5.82. The molecule has 3 N–H and O–H groups in total. The molecule has 0 saturated heterocycles. The molecule has 27 heavy (non-hydrogen) atoms. The third-order valence-electron chi connectivity index (χ3n) is 4.41. The Labute approximate surface area is 162 Å². The van der Waals surface area contributed by atoms with E-state index < -0.39 is 11.6 Å². The number of nitrogens with zero attached hydrogens (tertiary/aromatic N) is 1. The Morgan fingerprint density at radius 1 is 1.15 bits per heavy atom. The molecule has 0 atom stereocenters. The summed E-state index contributed by atoms with van der Waals surface area (Å²) in [6, 6.07) is 12.0. The van der Waals surface area contributed by atoms with Gasteiger partial charge in [-0.2, -0.15) is 5.26 Å². The molecule has 0 unspecified atom stereocenters. The SMILES string of the molecule is N#Cc1cc(F)c(N)cc1F.Sc1c[nH]cc1Cc1cccc(C2CC2)c1. The minimum atomic E-state index is -0.800. The van der Waals surface area contributed by atoms with Gasteiger partial charge in [0.15, 0.2) is 0 Å². The Bertz CT molecular complexity index is 987. The van der Waals surface area contributed by atoms with Crippen molar-refractivity contribution in [1.29, 1.82) is 5.26 Å². The highest BCUT2D eigenvalue weighted by molar-refractivity contribution is 7.80. The highest BCUT2D eigenvalue weighted by Gasteiger charge is 2.23. The number of anilines is 1. The lowest BCUT2D eigenvalue weighted by molar-refractivity contribution is 0.601. The maximum atomic E-state index is 12.6. The lowest BCUT2D eigenvalue weighted by Gasteiger charge is -2.04. The second-order valence-electron chi connectivity index (χ2n) is 6.53. The highest BCUT2D eigenvalue weighted by Crippen LogP contribution is 2.40. The van der Waals surface area contributed by atoms with E-state index in [1.807, 2.05) is 12.4 Å². The summed E-state index contributed by atoms with van der Waals surface area (Å²) in [7, 11) is 0. The number of benzene rings is 2. The van der Waals surface area contributed by atoms with Gasteiger partial charge in [-0.15, -0.1) is 12.6 Å².